The quantitative estimate of drug-likeness (QED) is 0.724. The van der Waals surface area contributed by atoms with Crippen molar-refractivity contribution in [1.29, 1.82) is 0 Å². The maximum atomic E-state index is 11.9. The van der Waals surface area contributed by atoms with E-state index in [0.29, 0.717) is 19.8 Å². The van der Waals surface area contributed by atoms with Gasteiger partial charge >= 0.3 is 6.18 Å². The van der Waals surface area contributed by atoms with Crippen molar-refractivity contribution < 1.29 is 22.7 Å². The zero-order valence-electron chi connectivity index (χ0n) is 8.60. The lowest BCUT2D eigenvalue weighted by molar-refractivity contribution is -0.153. The average Bonchev–Trinajstić information content (AvgIpc) is 2.25. The second-order valence-electron chi connectivity index (χ2n) is 3.59. The Hall–Kier alpha value is -0.490. The Morgan fingerprint density at radius 1 is 1.50 bits per heavy atom. The van der Waals surface area contributed by atoms with E-state index >= 15 is 0 Å². The first-order chi connectivity index (χ1) is 7.44. The molecule has 1 rings (SSSR count). The summed E-state index contributed by atoms with van der Waals surface area (Å²) in [7, 11) is 0. The van der Waals surface area contributed by atoms with Crippen LogP contribution in [0.15, 0.2) is 0 Å². The number of ether oxygens (including phenoxy) is 1. The molecule has 1 unspecified atom stereocenters. The zero-order valence-corrected chi connectivity index (χ0v) is 9.35. The van der Waals surface area contributed by atoms with Gasteiger partial charge < -0.3 is 9.64 Å². The molecule has 3 nitrogen and oxygen atoms in total. The van der Waals surface area contributed by atoms with Gasteiger partial charge in [0.05, 0.1) is 25.7 Å². The Morgan fingerprint density at radius 2 is 2.19 bits per heavy atom. The monoisotopic (exact) mass is 259 g/mol. The summed E-state index contributed by atoms with van der Waals surface area (Å²) >= 11 is 5.61. The highest BCUT2D eigenvalue weighted by atomic mass is 35.5. The summed E-state index contributed by atoms with van der Waals surface area (Å²) in [5, 5.41) is 0. The van der Waals surface area contributed by atoms with Gasteiger partial charge in [0.1, 0.15) is 0 Å². The van der Waals surface area contributed by atoms with E-state index in [0.717, 1.165) is 0 Å². The summed E-state index contributed by atoms with van der Waals surface area (Å²) in [6.45, 7) is 0.959. The first-order valence-corrected chi connectivity index (χ1v) is 5.47. The summed E-state index contributed by atoms with van der Waals surface area (Å²) in [5.74, 6) is -0.330. The number of carbonyl (C=O) groups excluding carboxylic acids is 1. The lowest BCUT2D eigenvalue weighted by Crippen LogP contribution is -2.49. The first-order valence-electron chi connectivity index (χ1n) is 4.94. The summed E-state index contributed by atoms with van der Waals surface area (Å²) in [5.41, 5.74) is 0. The van der Waals surface area contributed by atoms with Crippen molar-refractivity contribution in [2.24, 2.45) is 0 Å². The Bertz CT molecular complexity index is 247. The third-order valence-electron chi connectivity index (χ3n) is 2.35. The smallest absolute Gasteiger partial charge is 0.377 e. The molecule has 0 radical (unpaired) electrons. The molecule has 1 aliphatic heterocycles. The maximum absolute atomic E-state index is 11.9. The molecule has 0 aromatic heterocycles. The number of rotatable bonds is 3. The third kappa shape index (κ3) is 4.17. The Morgan fingerprint density at radius 3 is 2.75 bits per heavy atom. The molecule has 0 spiro atoms. The van der Waals surface area contributed by atoms with E-state index in [4.69, 9.17) is 16.3 Å². The number of morpholine rings is 1. The molecule has 1 amide bonds. The number of hydrogen-bond donors (Lipinski definition) is 0. The Balaban J connectivity index is 2.45. The number of alkyl halides is 4. The minimum absolute atomic E-state index is 0.178. The molecule has 16 heavy (non-hydrogen) atoms. The maximum Gasteiger partial charge on any atom is 0.389 e. The molecule has 1 heterocycles. The summed E-state index contributed by atoms with van der Waals surface area (Å²) in [6.07, 6.45) is -5.90. The van der Waals surface area contributed by atoms with Gasteiger partial charge in [0.25, 0.3) is 0 Å². The third-order valence-corrected chi connectivity index (χ3v) is 2.70. The first kappa shape index (κ1) is 13.6. The van der Waals surface area contributed by atoms with Gasteiger partial charge in [-0.15, -0.1) is 11.6 Å². The minimum Gasteiger partial charge on any atom is -0.377 e. The van der Waals surface area contributed by atoms with Crippen LogP contribution in [-0.2, 0) is 9.53 Å². The van der Waals surface area contributed by atoms with Crippen LogP contribution < -0.4 is 0 Å². The van der Waals surface area contributed by atoms with Gasteiger partial charge in [-0.1, -0.05) is 0 Å². The molecule has 94 valence electrons. The number of nitrogens with zero attached hydrogens (tertiary/aromatic N) is 1. The molecular formula is C9H13ClF3NO2. The predicted molar refractivity (Wildman–Crippen MR) is 52.3 cm³/mol. The topological polar surface area (TPSA) is 29.5 Å². The van der Waals surface area contributed by atoms with Crippen molar-refractivity contribution in [3.05, 3.63) is 0 Å². The SMILES string of the molecule is O=C(CCC(F)(F)F)N1CCOCC1CCl. The fourth-order valence-corrected chi connectivity index (χ4v) is 1.76. The summed E-state index contributed by atoms with van der Waals surface area (Å²) < 4.78 is 40.9. The molecule has 7 heteroatoms. The van der Waals surface area contributed by atoms with Crippen LogP contribution in [-0.4, -0.2) is 48.7 Å². The van der Waals surface area contributed by atoms with Gasteiger partial charge in [0.2, 0.25) is 5.91 Å². The molecule has 0 aromatic rings. The number of carbonyl (C=O) groups is 1. The van der Waals surface area contributed by atoms with Gasteiger partial charge in [-0.3, -0.25) is 4.79 Å². The molecule has 1 saturated heterocycles. The van der Waals surface area contributed by atoms with Crippen molar-refractivity contribution >= 4 is 17.5 Å². The van der Waals surface area contributed by atoms with Crippen molar-refractivity contribution in [1.82, 2.24) is 4.90 Å². The van der Waals surface area contributed by atoms with Gasteiger partial charge in [-0.05, 0) is 0 Å². The molecule has 1 fully saturated rings. The molecule has 1 atom stereocenters. The summed E-state index contributed by atoms with van der Waals surface area (Å²) in [6, 6.07) is -0.309. The van der Waals surface area contributed by atoms with Crippen LogP contribution in [0.4, 0.5) is 13.2 Å². The van der Waals surface area contributed by atoms with E-state index in [1.54, 1.807) is 0 Å². The van der Waals surface area contributed by atoms with E-state index in [1.165, 1.54) is 4.90 Å². The van der Waals surface area contributed by atoms with Crippen molar-refractivity contribution in [3.8, 4) is 0 Å². The number of amides is 1. The molecule has 0 saturated carbocycles. The van der Waals surface area contributed by atoms with E-state index in [1.807, 2.05) is 0 Å². The fourth-order valence-electron chi connectivity index (χ4n) is 1.50. The van der Waals surface area contributed by atoms with Crippen LogP contribution >= 0.6 is 11.6 Å². The van der Waals surface area contributed by atoms with Gasteiger partial charge in [-0.2, -0.15) is 13.2 Å². The van der Waals surface area contributed by atoms with Gasteiger partial charge in [0, 0.05) is 18.8 Å². The number of hydrogen-bond acceptors (Lipinski definition) is 2. The number of halogens is 4. The fraction of sp³-hybridized carbons (Fsp3) is 0.889. The van der Waals surface area contributed by atoms with Crippen molar-refractivity contribution in [2.45, 2.75) is 25.1 Å². The molecular weight excluding hydrogens is 247 g/mol. The molecule has 0 N–H and O–H groups in total. The summed E-state index contributed by atoms with van der Waals surface area (Å²) in [4.78, 5) is 12.9. The lowest BCUT2D eigenvalue weighted by Gasteiger charge is -2.34. The molecule has 0 aliphatic carbocycles. The highest BCUT2D eigenvalue weighted by Crippen LogP contribution is 2.22. The minimum atomic E-state index is -4.29. The van der Waals surface area contributed by atoms with E-state index < -0.39 is 24.9 Å². The normalized spacial score (nSPS) is 22.2. The second kappa shape index (κ2) is 5.72. The standard InChI is InChI=1S/C9H13ClF3NO2/c10-5-7-6-16-4-3-14(7)8(15)1-2-9(11,12)13/h7H,1-6H2. The molecule has 1 aliphatic rings. The van der Waals surface area contributed by atoms with Crippen LogP contribution in [0.2, 0.25) is 0 Å². The van der Waals surface area contributed by atoms with E-state index in [9.17, 15) is 18.0 Å². The Labute approximate surface area is 96.5 Å². The van der Waals surface area contributed by atoms with Crippen molar-refractivity contribution in [3.63, 3.8) is 0 Å². The largest absolute Gasteiger partial charge is 0.389 e. The van der Waals surface area contributed by atoms with E-state index in [-0.39, 0.29) is 11.9 Å². The second-order valence-corrected chi connectivity index (χ2v) is 3.89. The zero-order chi connectivity index (χ0) is 12.2. The van der Waals surface area contributed by atoms with Gasteiger partial charge in [-0.25, -0.2) is 0 Å². The van der Waals surface area contributed by atoms with Crippen molar-refractivity contribution in [2.75, 3.05) is 25.6 Å². The van der Waals surface area contributed by atoms with Crippen LogP contribution in [0.5, 0.6) is 0 Å². The lowest BCUT2D eigenvalue weighted by atomic mass is 10.2. The van der Waals surface area contributed by atoms with Crippen LogP contribution in [0.25, 0.3) is 0 Å². The Kier molecular flexibility index (Phi) is 4.86. The predicted octanol–water partition coefficient (Wildman–Crippen LogP) is 1.80. The molecule has 0 aromatic carbocycles. The van der Waals surface area contributed by atoms with Gasteiger partial charge in [0.15, 0.2) is 0 Å². The highest BCUT2D eigenvalue weighted by Gasteiger charge is 2.32. The van der Waals surface area contributed by atoms with Crippen LogP contribution in [0.3, 0.4) is 0 Å². The van der Waals surface area contributed by atoms with Crippen LogP contribution in [0, 0.1) is 0 Å². The highest BCUT2D eigenvalue weighted by molar-refractivity contribution is 6.18. The average molecular weight is 260 g/mol. The molecule has 0 bridgehead atoms. The van der Waals surface area contributed by atoms with E-state index in [2.05, 4.69) is 0 Å². The van der Waals surface area contributed by atoms with Crippen LogP contribution in [0.1, 0.15) is 12.8 Å².